The van der Waals surface area contributed by atoms with Gasteiger partial charge in [0.1, 0.15) is 11.8 Å². The van der Waals surface area contributed by atoms with Crippen molar-refractivity contribution in [2.45, 2.75) is 31.8 Å². The number of nitrogens with zero attached hydrogens (tertiary/aromatic N) is 6. The van der Waals surface area contributed by atoms with Crippen LogP contribution in [0.5, 0.6) is 0 Å². The fourth-order valence-corrected chi connectivity index (χ4v) is 4.39. The molecule has 0 radical (unpaired) electrons. The molecule has 10 heteroatoms. The van der Waals surface area contributed by atoms with Crippen molar-refractivity contribution in [1.29, 1.82) is 0 Å². The number of hydrogen-bond donors (Lipinski definition) is 2. The summed E-state index contributed by atoms with van der Waals surface area (Å²) in [6.07, 6.45) is 6.76. The average molecular weight is 450 g/mol. The van der Waals surface area contributed by atoms with Gasteiger partial charge < -0.3 is 20.9 Å². The number of nitrogen functional groups attached to an aromatic ring is 1. The predicted molar refractivity (Wildman–Crippen MR) is 122 cm³/mol. The summed E-state index contributed by atoms with van der Waals surface area (Å²) >= 11 is 0. The van der Waals surface area contributed by atoms with E-state index in [1.807, 2.05) is 17.6 Å². The van der Waals surface area contributed by atoms with Gasteiger partial charge in [-0.3, -0.25) is 4.98 Å². The molecule has 0 saturated carbocycles. The number of pyridine rings is 1. The normalized spacial score (nSPS) is 18.7. The van der Waals surface area contributed by atoms with Gasteiger partial charge in [-0.15, -0.1) is 0 Å². The molecule has 1 aromatic carbocycles. The monoisotopic (exact) mass is 450 g/mol. The second kappa shape index (κ2) is 8.04. The third-order valence-electron chi connectivity index (χ3n) is 6.02. The van der Waals surface area contributed by atoms with Gasteiger partial charge >= 0.3 is 0 Å². The van der Waals surface area contributed by atoms with Crippen LogP contribution in [0.4, 0.5) is 20.3 Å². The van der Waals surface area contributed by atoms with Gasteiger partial charge in [-0.1, -0.05) is 0 Å². The first-order valence-corrected chi connectivity index (χ1v) is 10.7. The first kappa shape index (κ1) is 21.2. The van der Waals surface area contributed by atoms with Crippen LogP contribution in [0.15, 0.2) is 43.1 Å². The number of hydrogen-bond acceptors (Lipinski definition) is 7. The van der Waals surface area contributed by atoms with Crippen molar-refractivity contribution in [2.75, 3.05) is 23.7 Å². The second-order valence-electron chi connectivity index (χ2n) is 8.81. The van der Waals surface area contributed by atoms with Crippen LogP contribution in [0.25, 0.3) is 22.4 Å². The van der Waals surface area contributed by atoms with Gasteiger partial charge in [-0.05, 0) is 49.6 Å². The molecule has 1 atom stereocenters. The van der Waals surface area contributed by atoms with E-state index in [0.717, 1.165) is 42.8 Å². The minimum absolute atomic E-state index is 0.308. The molecule has 4 aromatic rings. The summed E-state index contributed by atoms with van der Waals surface area (Å²) in [5.41, 5.74) is 16.1. The van der Waals surface area contributed by atoms with Crippen molar-refractivity contribution in [1.82, 2.24) is 24.5 Å². The molecule has 5 rings (SSSR count). The van der Waals surface area contributed by atoms with Crippen molar-refractivity contribution < 1.29 is 8.78 Å². The van der Waals surface area contributed by atoms with Gasteiger partial charge in [-0.2, -0.15) is 0 Å². The standard InChI is InChI=1S/C23H24F2N8/c1-23(27)5-2-6-32(11-23)19-9-28-18(14-3-4-16(24)17(25)7-14)8-15(19)10-33-13-31-20-21(26)29-12-30-22(20)33/h3-4,7-9,12-13H,2,5-6,10-11,27H2,1H3,(H2,26,29,30)/t23-/m1/s1. The summed E-state index contributed by atoms with van der Waals surface area (Å²) in [6.45, 7) is 4.02. The van der Waals surface area contributed by atoms with Crippen LogP contribution < -0.4 is 16.4 Å². The molecule has 0 aliphatic carbocycles. The molecule has 0 amide bonds. The van der Waals surface area contributed by atoms with E-state index < -0.39 is 11.6 Å². The van der Waals surface area contributed by atoms with E-state index in [1.165, 1.54) is 12.4 Å². The fourth-order valence-electron chi connectivity index (χ4n) is 4.39. The number of rotatable bonds is 4. The topological polar surface area (TPSA) is 112 Å². The molecule has 3 aromatic heterocycles. The van der Waals surface area contributed by atoms with Crippen LogP contribution in [0, 0.1) is 11.6 Å². The fraction of sp³-hybridized carbons (Fsp3) is 0.304. The van der Waals surface area contributed by atoms with E-state index in [9.17, 15) is 8.78 Å². The Morgan fingerprint density at radius 3 is 2.73 bits per heavy atom. The molecular weight excluding hydrogens is 426 g/mol. The number of aromatic nitrogens is 5. The Morgan fingerprint density at radius 2 is 1.94 bits per heavy atom. The maximum atomic E-state index is 13.9. The summed E-state index contributed by atoms with van der Waals surface area (Å²) in [4.78, 5) is 19.5. The molecule has 1 aliphatic rings. The lowest BCUT2D eigenvalue weighted by molar-refractivity contribution is 0.374. The highest BCUT2D eigenvalue weighted by Crippen LogP contribution is 2.31. The van der Waals surface area contributed by atoms with E-state index in [0.29, 0.717) is 41.3 Å². The van der Waals surface area contributed by atoms with Crippen molar-refractivity contribution in [2.24, 2.45) is 5.73 Å². The van der Waals surface area contributed by atoms with Gasteiger partial charge in [0.2, 0.25) is 0 Å². The summed E-state index contributed by atoms with van der Waals surface area (Å²) in [5, 5.41) is 0. The highest BCUT2D eigenvalue weighted by molar-refractivity contribution is 5.81. The molecule has 170 valence electrons. The van der Waals surface area contributed by atoms with E-state index in [1.54, 1.807) is 12.5 Å². The molecular formula is C23H24F2N8. The summed E-state index contributed by atoms with van der Waals surface area (Å²) in [7, 11) is 0. The highest BCUT2D eigenvalue weighted by Gasteiger charge is 2.28. The zero-order valence-electron chi connectivity index (χ0n) is 18.2. The van der Waals surface area contributed by atoms with Crippen molar-refractivity contribution in [3.8, 4) is 11.3 Å². The Labute approximate surface area is 189 Å². The van der Waals surface area contributed by atoms with Gasteiger partial charge in [0.15, 0.2) is 23.1 Å². The summed E-state index contributed by atoms with van der Waals surface area (Å²) in [5.74, 6) is -1.50. The first-order valence-electron chi connectivity index (χ1n) is 10.7. The minimum atomic E-state index is -0.914. The average Bonchev–Trinajstić information content (AvgIpc) is 3.19. The van der Waals surface area contributed by atoms with Crippen molar-refractivity contribution in [3.63, 3.8) is 0 Å². The Hall–Kier alpha value is -3.66. The lowest BCUT2D eigenvalue weighted by Crippen LogP contribution is -2.52. The Balaban J connectivity index is 1.60. The molecule has 1 aliphatic heterocycles. The number of benzene rings is 1. The van der Waals surface area contributed by atoms with Crippen LogP contribution in [-0.2, 0) is 6.54 Å². The zero-order chi connectivity index (χ0) is 23.2. The molecule has 33 heavy (non-hydrogen) atoms. The summed E-state index contributed by atoms with van der Waals surface area (Å²) in [6, 6.07) is 5.66. The van der Waals surface area contributed by atoms with Crippen LogP contribution in [0.3, 0.4) is 0 Å². The van der Waals surface area contributed by atoms with Gasteiger partial charge in [0.25, 0.3) is 0 Å². The van der Waals surface area contributed by atoms with E-state index in [4.69, 9.17) is 11.5 Å². The lowest BCUT2D eigenvalue weighted by Gasteiger charge is -2.40. The number of halogens is 2. The Bertz CT molecular complexity index is 1330. The smallest absolute Gasteiger partial charge is 0.165 e. The summed E-state index contributed by atoms with van der Waals surface area (Å²) < 4.78 is 29.2. The number of piperidine rings is 1. The van der Waals surface area contributed by atoms with Crippen molar-refractivity contribution in [3.05, 3.63) is 60.3 Å². The Morgan fingerprint density at radius 1 is 1.09 bits per heavy atom. The molecule has 0 bridgehead atoms. The second-order valence-corrected chi connectivity index (χ2v) is 8.81. The quantitative estimate of drug-likeness (QED) is 0.491. The highest BCUT2D eigenvalue weighted by atomic mass is 19.2. The Kier molecular flexibility index (Phi) is 5.16. The molecule has 1 saturated heterocycles. The maximum absolute atomic E-state index is 13.9. The van der Waals surface area contributed by atoms with Crippen molar-refractivity contribution >= 4 is 22.7 Å². The SMILES string of the molecule is C[C@@]1(N)CCCN(c2cnc(-c3ccc(F)c(F)c3)cc2Cn2cnc3c(N)ncnc32)C1. The molecule has 4 N–H and O–H groups in total. The van der Waals surface area contributed by atoms with E-state index in [2.05, 4.69) is 24.8 Å². The molecule has 0 spiro atoms. The van der Waals surface area contributed by atoms with E-state index >= 15 is 0 Å². The van der Waals surface area contributed by atoms with Crippen LogP contribution >= 0.6 is 0 Å². The molecule has 4 heterocycles. The lowest BCUT2D eigenvalue weighted by atomic mass is 9.91. The largest absolute Gasteiger partial charge is 0.382 e. The van der Waals surface area contributed by atoms with E-state index in [-0.39, 0.29) is 5.54 Å². The van der Waals surface area contributed by atoms with Crippen LogP contribution in [-0.4, -0.2) is 43.1 Å². The zero-order valence-corrected chi connectivity index (χ0v) is 18.2. The molecule has 0 unspecified atom stereocenters. The van der Waals surface area contributed by atoms with Crippen LogP contribution in [0.2, 0.25) is 0 Å². The number of anilines is 2. The first-order chi connectivity index (χ1) is 15.8. The third kappa shape index (κ3) is 4.09. The predicted octanol–water partition coefficient (Wildman–Crippen LogP) is 3.11. The number of fused-ring (bicyclic) bond motifs is 1. The maximum Gasteiger partial charge on any atom is 0.165 e. The van der Waals surface area contributed by atoms with Crippen LogP contribution in [0.1, 0.15) is 25.3 Å². The number of imidazole rings is 1. The number of nitrogens with two attached hydrogens (primary N) is 2. The van der Waals surface area contributed by atoms with Gasteiger partial charge in [-0.25, -0.2) is 23.7 Å². The van der Waals surface area contributed by atoms with Gasteiger partial charge in [0, 0.05) is 24.2 Å². The molecule has 1 fully saturated rings. The molecule has 8 nitrogen and oxygen atoms in total. The third-order valence-corrected chi connectivity index (χ3v) is 6.02. The minimum Gasteiger partial charge on any atom is -0.382 e. The van der Waals surface area contributed by atoms with Gasteiger partial charge in [0.05, 0.1) is 30.5 Å².